The SMILES string of the molecule is CC1(C)c2ccccc2-c2ccc(-c3cc(-c4ccccc4)cc(-c4ccc5ccc6cc7c(cc6c5c4)C(C)(C)c4ccccc4-7)c3)cc21. The van der Waals surface area contributed by atoms with Crippen LogP contribution in [0, 0.1) is 0 Å². The van der Waals surface area contributed by atoms with Crippen LogP contribution in [0.2, 0.25) is 0 Å². The highest BCUT2D eigenvalue weighted by atomic mass is 14.4. The summed E-state index contributed by atoms with van der Waals surface area (Å²) < 4.78 is 0. The van der Waals surface area contributed by atoms with Gasteiger partial charge in [0.2, 0.25) is 0 Å². The van der Waals surface area contributed by atoms with Crippen LogP contribution in [0.4, 0.5) is 0 Å². The first-order valence-corrected chi connectivity index (χ1v) is 17.8. The Balaban J connectivity index is 1.16. The van der Waals surface area contributed by atoms with E-state index in [-0.39, 0.29) is 10.8 Å². The molecule has 0 aromatic heterocycles. The molecule has 0 heterocycles. The second-order valence-electron chi connectivity index (χ2n) is 15.4. The summed E-state index contributed by atoms with van der Waals surface area (Å²) in [5, 5.41) is 5.19. The quantitative estimate of drug-likeness (QED) is 0.169. The van der Waals surface area contributed by atoms with Gasteiger partial charge in [-0.25, -0.2) is 0 Å². The van der Waals surface area contributed by atoms with Gasteiger partial charge in [0, 0.05) is 10.8 Å². The van der Waals surface area contributed by atoms with Gasteiger partial charge in [-0.05, 0) is 142 Å². The Labute approximate surface area is 294 Å². The van der Waals surface area contributed by atoms with Crippen LogP contribution in [0.25, 0.3) is 77.2 Å². The summed E-state index contributed by atoms with van der Waals surface area (Å²) in [6.07, 6.45) is 0. The lowest BCUT2D eigenvalue weighted by atomic mass is 9.81. The molecule has 0 aliphatic heterocycles. The maximum atomic E-state index is 2.48. The van der Waals surface area contributed by atoms with Crippen LogP contribution in [0.15, 0.2) is 158 Å². The first kappa shape index (κ1) is 29.2. The van der Waals surface area contributed by atoms with Crippen molar-refractivity contribution in [2.45, 2.75) is 38.5 Å². The van der Waals surface area contributed by atoms with E-state index in [0.717, 1.165) is 0 Å². The van der Waals surface area contributed by atoms with Crippen molar-refractivity contribution in [1.29, 1.82) is 0 Å². The molecule has 8 aromatic rings. The Bertz CT molecular complexity index is 2690. The van der Waals surface area contributed by atoms with E-state index in [4.69, 9.17) is 0 Å². The molecule has 0 saturated carbocycles. The molecule has 0 amide bonds. The second kappa shape index (κ2) is 10.4. The summed E-state index contributed by atoms with van der Waals surface area (Å²) in [5.41, 5.74) is 18.4. The molecule has 10 rings (SSSR count). The molecule has 238 valence electrons. The van der Waals surface area contributed by atoms with Crippen LogP contribution in [-0.2, 0) is 10.8 Å². The molecule has 0 heteroatoms. The fourth-order valence-corrected chi connectivity index (χ4v) is 9.07. The first-order valence-electron chi connectivity index (χ1n) is 17.8. The van der Waals surface area contributed by atoms with Crippen molar-refractivity contribution in [3.63, 3.8) is 0 Å². The zero-order chi connectivity index (χ0) is 33.8. The fraction of sp³-hybridized carbons (Fsp3) is 0.120. The molecule has 0 radical (unpaired) electrons. The Morgan fingerprint density at radius 1 is 0.280 bits per heavy atom. The van der Waals surface area contributed by atoms with E-state index < -0.39 is 0 Å². The van der Waals surface area contributed by atoms with Crippen molar-refractivity contribution in [3.05, 3.63) is 180 Å². The Kier molecular flexibility index (Phi) is 6.07. The zero-order valence-corrected chi connectivity index (χ0v) is 29.0. The van der Waals surface area contributed by atoms with E-state index in [1.165, 1.54) is 99.4 Å². The minimum absolute atomic E-state index is 0.0371. The van der Waals surface area contributed by atoms with Gasteiger partial charge in [-0.2, -0.15) is 0 Å². The van der Waals surface area contributed by atoms with Gasteiger partial charge in [-0.1, -0.05) is 143 Å². The van der Waals surface area contributed by atoms with Gasteiger partial charge < -0.3 is 0 Å². The summed E-state index contributed by atoms with van der Waals surface area (Å²) in [5.74, 6) is 0. The molecular weight excluding hydrogens is 601 g/mol. The highest BCUT2D eigenvalue weighted by Crippen LogP contribution is 2.51. The molecule has 0 bridgehead atoms. The molecule has 8 aromatic carbocycles. The maximum Gasteiger partial charge on any atom is 0.0159 e. The van der Waals surface area contributed by atoms with E-state index in [9.17, 15) is 0 Å². The fourth-order valence-electron chi connectivity index (χ4n) is 9.07. The Hall–Kier alpha value is -5.72. The number of hydrogen-bond donors (Lipinski definition) is 0. The van der Waals surface area contributed by atoms with Gasteiger partial charge in [0.15, 0.2) is 0 Å². The molecule has 0 saturated heterocycles. The van der Waals surface area contributed by atoms with Crippen molar-refractivity contribution in [2.24, 2.45) is 0 Å². The second-order valence-corrected chi connectivity index (χ2v) is 15.4. The normalized spacial score (nSPS) is 14.7. The largest absolute Gasteiger partial charge is 0.0622 e. The van der Waals surface area contributed by atoms with Crippen LogP contribution >= 0.6 is 0 Å². The van der Waals surface area contributed by atoms with Gasteiger partial charge in [0.25, 0.3) is 0 Å². The zero-order valence-electron chi connectivity index (χ0n) is 29.0. The van der Waals surface area contributed by atoms with Gasteiger partial charge in [0.1, 0.15) is 0 Å². The van der Waals surface area contributed by atoms with Gasteiger partial charge in [-0.15, -0.1) is 0 Å². The van der Waals surface area contributed by atoms with Crippen LogP contribution < -0.4 is 0 Å². The van der Waals surface area contributed by atoms with E-state index in [1.807, 2.05) is 0 Å². The molecular formula is C50H38. The maximum absolute atomic E-state index is 2.48. The van der Waals surface area contributed by atoms with Crippen molar-refractivity contribution < 1.29 is 0 Å². The van der Waals surface area contributed by atoms with Crippen LogP contribution in [0.1, 0.15) is 49.9 Å². The van der Waals surface area contributed by atoms with E-state index in [0.29, 0.717) is 0 Å². The molecule has 0 N–H and O–H groups in total. The molecule has 50 heavy (non-hydrogen) atoms. The summed E-state index contributed by atoms with van der Waals surface area (Å²) in [6, 6.07) is 59.4. The average Bonchev–Trinajstić information content (AvgIpc) is 3.53. The van der Waals surface area contributed by atoms with E-state index in [2.05, 4.69) is 185 Å². The Morgan fingerprint density at radius 2 is 0.760 bits per heavy atom. The van der Waals surface area contributed by atoms with Crippen LogP contribution in [-0.4, -0.2) is 0 Å². The lowest BCUT2D eigenvalue weighted by molar-refractivity contribution is 0.660. The molecule has 0 nitrogen and oxygen atoms in total. The number of fused-ring (bicyclic) bond motifs is 9. The average molecular weight is 639 g/mol. The smallest absolute Gasteiger partial charge is 0.0159 e. The Morgan fingerprint density at radius 3 is 1.46 bits per heavy atom. The summed E-state index contributed by atoms with van der Waals surface area (Å²) in [7, 11) is 0. The van der Waals surface area contributed by atoms with Crippen LogP contribution in [0.3, 0.4) is 0 Å². The van der Waals surface area contributed by atoms with Crippen LogP contribution in [0.5, 0.6) is 0 Å². The minimum atomic E-state index is -0.0443. The summed E-state index contributed by atoms with van der Waals surface area (Å²) >= 11 is 0. The molecule has 0 fully saturated rings. The molecule has 2 aliphatic carbocycles. The standard InChI is InChI=1S/C50H38/c1-49(2)45-16-10-8-14-39(45)41-23-22-34(29-47(41)49)38-25-36(31-12-6-5-7-13-31)24-37(26-38)33-20-18-32-19-21-35-28-44-40-15-9-11-17-46(40)50(3,4)48(44)30-43(35)42(32)27-33/h5-30H,1-4H3. The van der Waals surface area contributed by atoms with E-state index in [1.54, 1.807) is 0 Å². The highest BCUT2D eigenvalue weighted by molar-refractivity contribution is 6.11. The molecule has 0 spiro atoms. The number of benzene rings is 8. The van der Waals surface area contributed by atoms with Gasteiger partial charge in [0.05, 0.1) is 0 Å². The van der Waals surface area contributed by atoms with Gasteiger partial charge >= 0.3 is 0 Å². The third kappa shape index (κ3) is 4.18. The van der Waals surface area contributed by atoms with Crippen molar-refractivity contribution in [1.82, 2.24) is 0 Å². The third-order valence-electron chi connectivity index (χ3n) is 11.8. The van der Waals surface area contributed by atoms with Crippen molar-refractivity contribution in [2.75, 3.05) is 0 Å². The predicted octanol–water partition coefficient (Wildman–Crippen LogP) is 13.6. The number of hydrogen-bond acceptors (Lipinski definition) is 0. The first-order chi connectivity index (χ1) is 24.3. The monoisotopic (exact) mass is 638 g/mol. The predicted molar refractivity (Wildman–Crippen MR) is 213 cm³/mol. The summed E-state index contributed by atoms with van der Waals surface area (Å²) in [4.78, 5) is 0. The lowest BCUT2D eigenvalue weighted by Crippen LogP contribution is -2.14. The van der Waals surface area contributed by atoms with Gasteiger partial charge in [-0.3, -0.25) is 0 Å². The lowest BCUT2D eigenvalue weighted by Gasteiger charge is -2.22. The topological polar surface area (TPSA) is 0 Å². The van der Waals surface area contributed by atoms with Crippen molar-refractivity contribution >= 4 is 21.5 Å². The molecule has 2 aliphatic rings. The summed E-state index contributed by atoms with van der Waals surface area (Å²) in [6.45, 7) is 9.47. The van der Waals surface area contributed by atoms with Crippen molar-refractivity contribution in [3.8, 4) is 55.6 Å². The molecule has 0 unspecified atom stereocenters. The highest BCUT2D eigenvalue weighted by Gasteiger charge is 2.36. The van der Waals surface area contributed by atoms with E-state index >= 15 is 0 Å². The molecule has 0 atom stereocenters. The third-order valence-corrected chi connectivity index (χ3v) is 11.8. The number of rotatable bonds is 3. The minimum Gasteiger partial charge on any atom is -0.0622 e.